The van der Waals surface area contributed by atoms with Crippen molar-refractivity contribution in [2.75, 3.05) is 17.6 Å². The maximum absolute atomic E-state index is 13.6. The smallest absolute Gasteiger partial charge is 0.313 e. The van der Waals surface area contributed by atoms with Gasteiger partial charge in [0.15, 0.2) is 5.82 Å². The van der Waals surface area contributed by atoms with Crippen molar-refractivity contribution in [2.24, 2.45) is 0 Å². The molecule has 0 radical (unpaired) electrons. The van der Waals surface area contributed by atoms with Crippen LogP contribution >= 0.6 is 0 Å². The van der Waals surface area contributed by atoms with E-state index in [1.807, 2.05) is 6.07 Å². The number of benzene rings is 1. The Bertz CT molecular complexity index is 840. The standard InChI is InChI=1S/C16H17FN6O2/c1-9-4-5-11(17)13(7-9)21-16(25)15(24)20-6-2-3-12-10(8-18)14(19)23-22-12/h4-5,7H,2-3,6H2,1H3,(H,20,24)(H,21,25)(H3,19,22,23). The van der Waals surface area contributed by atoms with E-state index in [9.17, 15) is 14.0 Å². The minimum absolute atomic E-state index is 0.0493. The molecule has 2 amide bonds. The van der Waals surface area contributed by atoms with Crippen LogP contribution in [0.1, 0.15) is 23.2 Å². The number of halogens is 1. The normalized spacial score (nSPS) is 10.1. The van der Waals surface area contributed by atoms with E-state index in [-0.39, 0.29) is 23.6 Å². The molecule has 0 saturated heterocycles. The summed E-state index contributed by atoms with van der Waals surface area (Å²) in [5.41, 5.74) is 7.07. The predicted octanol–water partition coefficient (Wildman–Crippen LogP) is 0.999. The lowest BCUT2D eigenvalue weighted by atomic mass is 10.1. The van der Waals surface area contributed by atoms with Gasteiger partial charge in [-0.25, -0.2) is 4.39 Å². The number of hydrogen-bond acceptors (Lipinski definition) is 5. The van der Waals surface area contributed by atoms with Gasteiger partial charge < -0.3 is 16.4 Å². The van der Waals surface area contributed by atoms with Gasteiger partial charge in [0, 0.05) is 6.54 Å². The largest absolute Gasteiger partial charge is 0.381 e. The molecule has 0 spiro atoms. The van der Waals surface area contributed by atoms with Crippen LogP contribution in [0.3, 0.4) is 0 Å². The number of anilines is 2. The number of nitrogens with zero attached hydrogens (tertiary/aromatic N) is 2. The molecule has 8 nitrogen and oxygen atoms in total. The van der Waals surface area contributed by atoms with Crippen LogP contribution in [0.4, 0.5) is 15.9 Å². The summed E-state index contributed by atoms with van der Waals surface area (Å²) in [6.45, 7) is 1.94. The molecule has 0 aliphatic rings. The van der Waals surface area contributed by atoms with E-state index in [1.54, 1.807) is 13.0 Å². The fraction of sp³-hybridized carbons (Fsp3) is 0.250. The van der Waals surface area contributed by atoms with Crippen LogP contribution in [0.5, 0.6) is 0 Å². The van der Waals surface area contributed by atoms with Crippen molar-refractivity contribution in [3.05, 3.63) is 40.8 Å². The highest BCUT2D eigenvalue weighted by molar-refractivity contribution is 6.39. The van der Waals surface area contributed by atoms with E-state index >= 15 is 0 Å². The Kier molecular flexibility index (Phi) is 5.68. The predicted molar refractivity (Wildman–Crippen MR) is 88.8 cm³/mol. The van der Waals surface area contributed by atoms with Gasteiger partial charge in [0.05, 0.1) is 11.4 Å². The first-order valence-electron chi connectivity index (χ1n) is 7.50. The average Bonchev–Trinajstić information content (AvgIpc) is 2.94. The number of nitrogens with one attached hydrogen (secondary N) is 3. The fourth-order valence-corrected chi connectivity index (χ4v) is 2.16. The number of nitriles is 1. The maximum Gasteiger partial charge on any atom is 0.313 e. The van der Waals surface area contributed by atoms with Crippen LogP contribution in [0, 0.1) is 24.1 Å². The number of H-pyrrole nitrogens is 1. The molecule has 0 aliphatic heterocycles. The van der Waals surface area contributed by atoms with Gasteiger partial charge in [0.1, 0.15) is 17.4 Å². The summed E-state index contributed by atoms with van der Waals surface area (Å²) in [5.74, 6) is -2.31. The van der Waals surface area contributed by atoms with Crippen molar-refractivity contribution >= 4 is 23.3 Å². The number of aromatic nitrogens is 2. The van der Waals surface area contributed by atoms with Crippen LogP contribution in [-0.4, -0.2) is 28.6 Å². The van der Waals surface area contributed by atoms with Gasteiger partial charge in [-0.2, -0.15) is 10.4 Å². The van der Waals surface area contributed by atoms with Gasteiger partial charge in [-0.1, -0.05) is 6.07 Å². The summed E-state index contributed by atoms with van der Waals surface area (Å²) >= 11 is 0. The van der Waals surface area contributed by atoms with E-state index in [0.29, 0.717) is 18.5 Å². The number of hydrogen-bond donors (Lipinski definition) is 4. The summed E-state index contributed by atoms with van der Waals surface area (Å²) in [6, 6.07) is 6.15. The minimum Gasteiger partial charge on any atom is -0.381 e. The van der Waals surface area contributed by atoms with Crippen molar-refractivity contribution in [3.8, 4) is 6.07 Å². The number of carbonyl (C=O) groups is 2. The molecule has 1 aromatic heterocycles. The lowest BCUT2D eigenvalue weighted by Gasteiger charge is -2.08. The van der Waals surface area contributed by atoms with Crippen molar-refractivity contribution in [3.63, 3.8) is 0 Å². The first-order chi connectivity index (χ1) is 11.9. The van der Waals surface area contributed by atoms with Crippen LogP contribution in [-0.2, 0) is 16.0 Å². The Labute approximate surface area is 143 Å². The lowest BCUT2D eigenvalue weighted by Crippen LogP contribution is -2.36. The Morgan fingerprint density at radius 1 is 1.40 bits per heavy atom. The molecule has 0 bridgehead atoms. The SMILES string of the molecule is Cc1ccc(F)c(NC(=O)C(=O)NCCCc2[nH]nc(N)c2C#N)c1. The third-order valence-corrected chi connectivity index (χ3v) is 3.45. The second kappa shape index (κ2) is 7.92. The molecule has 1 heterocycles. The zero-order valence-electron chi connectivity index (χ0n) is 13.5. The molecule has 2 aromatic rings. The summed E-state index contributed by atoms with van der Waals surface area (Å²) in [4.78, 5) is 23.5. The van der Waals surface area contributed by atoms with E-state index in [0.717, 1.165) is 5.56 Å². The van der Waals surface area contributed by atoms with Crippen molar-refractivity contribution in [2.45, 2.75) is 19.8 Å². The average molecular weight is 344 g/mol. The molecule has 130 valence electrons. The number of rotatable bonds is 5. The molecule has 1 aromatic carbocycles. The lowest BCUT2D eigenvalue weighted by molar-refractivity contribution is -0.136. The van der Waals surface area contributed by atoms with E-state index < -0.39 is 17.6 Å². The fourth-order valence-electron chi connectivity index (χ4n) is 2.16. The summed E-state index contributed by atoms with van der Waals surface area (Å²) in [5, 5.41) is 20.0. The highest BCUT2D eigenvalue weighted by Crippen LogP contribution is 2.15. The molecular formula is C16H17FN6O2. The van der Waals surface area contributed by atoms with Crippen molar-refractivity contribution < 1.29 is 14.0 Å². The topological polar surface area (TPSA) is 137 Å². The Morgan fingerprint density at radius 3 is 2.88 bits per heavy atom. The maximum atomic E-state index is 13.6. The quantitative estimate of drug-likeness (QED) is 0.474. The molecular weight excluding hydrogens is 327 g/mol. The number of amides is 2. The molecule has 0 unspecified atom stereocenters. The van der Waals surface area contributed by atoms with Gasteiger partial charge in [-0.3, -0.25) is 14.7 Å². The summed E-state index contributed by atoms with van der Waals surface area (Å²) < 4.78 is 13.6. The van der Waals surface area contributed by atoms with Gasteiger partial charge >= 0.3 is 11.8 Å². The number of nitrogens with two attached hydrogens (primary N) is 1. The molecule has 9 heteroatoms. The Balaban J connectivity index is 1.81. The number of nitrogen functional groups attached to an aromatic ring is 1. The third kappa shape index (κ3) is 4.54. The minimum atomic E-state index is -0.951. The third-order valence-electron chi connectivity index (χ3n) is 3.45. The van der Waals surface area contributed by atoms with Gasteiger partial charge in [-0.05, 0) is 37.5 Å². The summed E-state index contributed by atoms with van der Waals surface area (Å²) in [6.07, 6.45) is 0.898. The molecule has 2 rings (SSSR count). The van der Waals surface area contributed by atoms with E-state index in [4.69, 9.17) is 11.0 Å². The molecule has 5 N–H and O–H groups in total. The highest BCUT2D eigenvalue weighted by Gasteiger charge is 2.15. The second-order valence-electron chi connectivity index (χ2n) is 5.37. The molecule has 0 saturated carbocycles. The first-order valence-corrected chi connectivity index (χ1v) is 7.50. The monoisotopic (exact) mass is 344 g/mol. The molecule has 0 fully saturated rings. The van der Waals surface area contributed by atoms with Crippen molar-refractivity contribution in [1.29, 1.82) is 5.26 Å². The highest BCUT2D eigenvalue weighted by atomic mass is 19.1. The van der Waals surface area contributed by atoms with E-state index in [2.05, 4.69) is 20.8 Å². The Morgan fingerprint density at radius 2 is 2.16 bits per heavy atom. The van der Waals surface area contributed by atoms with Crippen LogP contribution in [0.25, 0.3) is 0 Å². The zero-order valence-corrected chi connectivity index (χ0v) is 13.5. The van der Waals surface area contributed by atoms with E-state index in [1.165, 1.54) is 12.1 Å². The number of carbonyl (C=O) groups excluding carboxylic acids is 2. The van der Waals surface area contributed by atoms with Crippen LogP contribution in [0.15, 0.2) is 18.2 Å². The Hall–Kier alpha value is -3.41. The van der Waals surface area contributed by atoms with Crippen LogP contribution < -0.4 is 16.4 Å². The number of aromatic amines is 1. The summed E-state index contributed by atoms with van der Waals surface area (Å²) in [7, 11) is 0. The van der Waals surface area contributed by atoms with Crippen molar-refractivity contribution in [1.82, 2.24) is 15.5 Å². The zero-order chi connectivity index (χ0) is 18.4. The molecule has 0 aliphatic carbocycles. The van der Waals surface area contributed by atoms with Gasteiger partial charge in [0.25, 0.3) is 0 Å². The number of aryl methyl sites for hydroxylation is 2. The molecule has 25 heavy (non-hydrogen) atoms. The van der Waals surface area contributed by atoms with Gasteiger partial charge in [0.2, 0.25) is 0 Å². The van der Waals surface area contributed by atoms with Crippen LogP contribution in [0.2, 0.25) is 0 Å². The second-order valence-corrected chi connectivity index (χ2v) is 5.37. The first kappa shape index (κ1) is 17.9. The van der Waals surface area contributed by atoms with Gasteiger partial charge in [-0.15, -0.1) is 0 Å². The molecule has 0 atom stereocenters.